The van der Waals surface area contributed by atoms with Crippen LogP contribution in [0.1, 0.15) is 25.3 Å². The minimum Gasteiger partial charge on any atom is -0.497 e. The third-order valence-electron chi connectivity index (χ3n) is 6.49. The summed E-state index contributed by atoms with van der Waals surface area (Å²) in [6.07, 6.45) is 4.35. The summed E-state index contributed by atoms with van der Waals surface area (Å²) in [5.41, 5.74) is 3.22. The average molecular weight is 460 g/mol. The van der Waals surface area contributed by atoms with Crippen LogP contribution in [-0.2, 0) is 11.2 Å². The van der Waals surface area contributed by atoms with E-state index in [-0.39, 0.29) is 17.9 Å². The number of carbonyl (C=O) groups is 1. The lowest BCUT2D eigenvalue weighted by molar-refractivity contribution is -0.126. The van der Waals surface area contributed by atoms with E-state index in [4.69, 9.17) is 9.26 Å². The van der Waals surface area contributed by atoms with Crippen molar-refractivity contribution < 1.29 is 14.1 Å². The van der Waals surface area contributed by atoms with Gasteiger partial charge < -0.3 is 24.5 Å². The molecule has 34 heavy (non-hydrogen) atoms. The quantitative estimate of drug-likeness (QED) is 0.430. The van der Waals surface area contributed by atoms with Crippen LogP contribution < -0.4 is 15.0 Å². The molecular weight excluding hydrogens is 430 g/mol. The van der Waals surface area contributed by atoms with Gasteiger partial charge in [-0.15, -0.1) is 0 Å². The van der Waals surface area contributed by atoms with E-state index in [0.29, 0.717) is 24.9 Å². The van der Waals surface area contributed by atoms with Crippen LogP contribution in [0.5, 0.6) is 5.75 Å². The van der Waals surface area contributed by atoms with Gasteiger partial charge in [-0.2, -0.15) is 4.98 Å². The number of nitrogens with zero attached hydrogens (tertiary/aromatic N) is 3. The van der Waals surface area contributed by atoms with Crippen molar-refractivity contribution in [2.45, 2.75) is 32.2 Å². The SMILES string of the molecule is COc1ccc(-c2noc(N3CCC(C(=O)NC(C)Cc4c[nH]c5ccccc45)CC3)n2)cc1. The van der Waals surface area contributed by atoms with Crippen molar-refractivity contribution in [2.24, 2.45) is 5.92 Å². The lowest BCUT2D eigenvalue weighted by atomic mass is 9.95. The summed E-state index contributed by atoms with van der Waals surface area (Å²) >= 11 is 0. The molecule has 0 aliphatic carbocycles. The van der Waals surface area contributed by atoms with Crippen LogP contribution >= 0.6 is 0 Å². The maximum Gasteiger partial charge on any atom is 0.324 e. The van der Waals surface area contributed by atoms with Gasteiger partial charge >= 0.3 is 6.01 Å². The van der Waals surface area contributed by atoms with Crippen LogP contribution in [0.2, 0.25) is 0 Å². The monoisotopic (exact) mass is 459 g/mol. The second-order valence-corrected chi connectivity index (χ2v) is 8.86. The van der Waals surface area contributed by atoms with Gasteiger partial charge in [0.05, 0.1) is 7.11 Å². The van der Waals surface area contributed by atoms with Gasteiger partial charge in [0.25, 0.3) is 0 Å². The molecule has 0 spiro atoms. The zero-order chi connectivity index (χ0) is 23.5. The first-order chi connectivity index (χ1) is 16.6. The predicted octanol–water partition coefficient (Wildman–Crippen LogP) is 4.19. The van der Waals surface area contributed by atoms with Crippen LogP contribution in [0.4, 0.5) is 6.01 Å². The molecule has 2 aromatic carbocycles. The van der Waals surface area contributed by atoms with Crippen molar-refractivity contribution in [1.29, 1.82) is 0 Å². The molecule has 2 N–H and O–H groups in total. The number of amides is 1. The minimum absolute atomic E-state index is 0.00866. The highest BCUT2D eigenvalue weighted by Gasteiger charge is 2.28. The Morgan fingerprint density at radius 2 is 1.97 bits per heavy atom. The zero-order valence-corrected chi connectivity index (χ0v) is 19.5. The molecule has 8 nitrogen and oxygen atoms in total. The van der Waals surface area contributed by atoms with E-state index in [2.05, 4.69) is 44.4 Å². The zero-order valence-electron chi connectivity index (χ0n) is 19.5. The second-order valence-electron chi connectivity index (χ2n) is 8.86. The van der Waals surface area contributed by atoms with Gasteiger partial charge in [-0.05, 0) is 62.1 Å². The minimum atomic E-state index is -0.00866. The van der Waals surface area contributed by atoms with Gasteiger partial charge in [0, 0.05) is 47.7 Å². The number of carbonyl (C=O) groups excluding carboxylic acids is 1. The summed E-state index contributed by atoms with van der Waals surface area (Å²) in [4.78, 5) is 22.8. The number of hydrogen-bond acceptors (Lipinski definition) is 6. The Hall–Kier alpha value is -3.81. The number of fused-ring (bicyclic) bond motifs is 1. The van der Waals surface area contributed by atoms with E-state index in [1.54, 1.807) is 7.11 Å². The Labute approximate surface area is 198 Å². The molecule has 3 heterocycles. The van der Waals surface area contributed by atoms with Crippen molar-refractivity contribution in [3.63, 3.8) is 0 Å². The highest BCUT2D eigenvalue weighted by molar-refractivity contribution is 5.83. The average Bonchev–Trinajstić information content (AvgIpc) is 3.52. The predicted molar refractivity (Wildman–Crippen MR) is 131 cm³/mol. The molecule has 0 radical (unpaired) electrons. The lowest BCUT2D eigenvalue weighted by Crippen LogP contribution is -2.43. The molecule has 1 aliphatic heterocycles. The third-order valence-corrected chi connectivity index (χ3v) is 6.49. The third kappa shape index (κ3) is 4.62. The highest BCUT2D eigenvalue weighted by Crippen LogP contribution is 2.26. The number of piperidine rings is 1. The van der Waals surface area contributed by atoms with Crippen LogP contribution in [0.25, 0.3) is 22.3 Å². The Morgan fingerprint density at radius 1 is 1.21 bits per heavy atom. The number of aromatic nitrogens is 3. The van der Waals surface area contributed by atoms with Crippen molar-refractivity contribution in [1.82, 2.24) is 20.4 Å². The summed E-state index contributed by atoms with van der Waals surface area (Å²) in [7, 11) is 1.63. The standard InChI is InChI=1S/C26H29N5O3/c1-17(15-20-16-27-23-6-4-3-5-22(20)23)28-25(32)19-11-13-31(14-12-19)26-29-24(30-34-26)18-7-9-21(33-2)10-8-18/h3-10,16-17,19,27H,11-15H2,1-2H3,(H,28,32). The van der Waals surface area contributed by atoms with Crippen LogP contribution in [0.15, 0.2) is 59.3 Å². The van der Waals surface area contributed by atoms with Gasteiger partial charge in [0.2, 0.25) is 11.7 Å². The fourth-order valence-corrected chi connectivity index (χ4v) is 4.58. The van der Waals surface area contributed by atoms with E-state index in [1.807, 2.05) is 42.6 Å². The van der Waals surface area contributed by atoms with E-state index in [9.17, 15) is 4.79 Å². The number of H-pyrrole nitrogens is 1. The Balaban J connectivity index is 1.13. The molecule has 4 aromatic rings. The summed E-state index contributed by atoms with van der Waals surface area (Å²) in [6.45, 7) is 3.48. The summed E-state index contributed by atoms with van der Waals surface area (Å²) in [5.74, 6) is 1.44. The topological polar surface area (TPSA) is 96.3 Å². The smallest absolute Gasteiger partial charge is 0.324 e. The van der Waals surface area contributed by atoms with Gasteiger partial charge in [-0.3, -0.25) is 4.79 Å². The Morgan fingerprint density at radius 3 is 2.74 bits per heavy atom. The fraction of sp³-hybridized carbons (Fsp3) is 0.346. The number of ether oxygens (including phenoxy) is 1. The van der Waals surface area contributed by atoms with E-state index in [0.717, 1.165) is 36.1 Å². The summed E-state index contributed by atoms with van der Waals surface area (Å²) in [5, 5.41) is 8.54. The molecule has 176 valence electrons. The summed E-state index contributed by atoms with van der Waals surface area (Å²) in [6, 6.07) is 16.4. The van der Waals surface area contributed by atoms with E-state index >= 15 is 0 Å². The molecule has 2 aromatic heterocycles. The highest BCUT2D eigenvalue weighted by atomic mass is 16.5. The Bertz CT molecular complexity index is 1250. The maximum absolute atomic E-state index is 12.9. The molecule has 5 rings (SSSR count). The molecule has 8 heteroatoms. The molecule has 1 amide bonds. The number of rotatable bonds is 7. The van der Waals surface area contributed by atoms with Crippen molar-refractivity contribution >= 4 is 22.8 Å². The second kappa shape index (κ2) is 9.59. The molecule has 1 unspecified atom stereocenters. The fourth-order valence-electron chi connectivity index (χ4n) is 4.58. The number of hydrogen-bond donors (Lipinski definition) is 2. The van der Waals surface area contributed by atoms with Gasteiger partial charge in [0.1, 0.15) is 5.75 Å². The van der Waals surface area contributed by atoms with Gasteiger partial charge in [-0.1, -0.05) is 23.4 Å². The first-order valence-corrected chi connectivity index (χ1v) is 11.7. The number of anilines is 1. The van der Waals surface area contributed by atoms with Crippen LogP contribution in [-0.4, -0.2) is 47.3 Å². The summed E-state index contributed by atoms with van der Waals surface area (Å²) < 4.78 is 10.7. The largest absolute Gasteiger partial charge is 0.497 e. The normalized spacial score (nSPS) is 15.4. The van der Waals surface area contributed by atoms with E-state index < -0.39 is 0 Å². The number of nitrogens with one attached hydrogen (secondary N) is 2. The number of benzene rings is 2. The maximum atomic E-state index is 12.9. The molecular formula is C26H29N5O3. The number of para-hydroxylation sites is 1. The molecule has 0 bridgehead atoms. The van der Waals surface area contributed by atoms with Crippen molar-refractivity contribution in [3.05, 3.63) is 60.3 Å². The molecule has 1 saturated heterocycles. The number of methoxy groups -OCH3 is 1. The first-order valence-electron chi connectivity index (χ1n) is 11.7. The molecule has 1 atom stereocenters. The van der Waals surface area contributed by atoms with Crippen molar-refractivity contribution in [3.8, 4) is 17.1 Å². The van der Waals surface area contributed by atoms with Gasteiger partial charge in [0.15, 0.2) is 0 Å². The van der Waals surface area contributed by atoms with E-state index in [1.165, 1.54) is 10.9 Å². The first kappa shape index (κ1) is 22.0. The molecule has 1 aliphatic rings. The lowest BCUT2D eigenvalue weighted by Gasteiger charge is -2.30. The van der Waals surface area contributed by atoms with Gasteiger partial charge in [-0.25, -0.2) is 0 Å². The van der Waals surface area contributed by atoms with Crippen molar-refractivity contribution in [2.75, 3.05) is 25.1 Å². The Kier molecular flexibility index (Phi) is 6.20. The molecule has 0 saturated carbocycles. The van der Waals surface area contributed by atoms with Crippen LogP contribution in [0.3, 0.4) is 0 Å². The number of aromatic amines is 1. The molecule has 1 fully saturated rings. The van der Waals surface area contributed by atoms with Crippen LogP contribution in [0, 0.1) is 5.92 Å².